The Bertz CT molecular complexity index is 562. The van der Waals surface area contributed by atoms with Crippen LogP contribution in [0, 0.1) is 3.57 Å². The molecule has 0 saturated heterocycles. The summed E-state index contributed by atoms with van der Waals surface area (Å²) in [6.45, 7) is 0. The normalized spacial score (nSPS) is 10.6. The van der Waals surface area contributed by atoms with Crippen molar-refractivity contribution in [1.82, 2.24) is 0 Å². The highest BCUT2D eigenvalue weighted by atomic mass is 127. The van der Waals surface area contributed by atoms with Crippen molar-refractivity contribution in [3.63, 3.8) is 0 Å². The summed E-state index contributed by atoms with van der Waals surface area (Å²) < 4.78 is 5.43. The minimum absolute atomic E-state index is 0.403. The van der Waals surface area contributed by atoms with E-state index in [4.69, 9.17) is 15.9 Å². The predicted molar refractivity (Wildman–Crippen MR) is 64.0 cm³/mol. The monoisotopic (exact) mass is 302 g/mol. The van der Waals surface area contributed by atoms with Gasteiger partial charge in [0.1, 0.15) is 9.15 Å². The van der Waals surface area contributed by atoms with E-state index in [1.165, 1.54) is 0 Å². The Morgan fingerprint density at radius 2 is 2.00 bits per heavy atom. The molecule has 1 aromatic carbocycles. The smallest absolute Gasteiger partial charge is 0.351 e. The van der Waals surface area contributed by atoms with E-state index in [1.54, 1.807) is 18.2 Å². The number of rotatable bonds is 0. The fourth-order valence-corrected chi connectivity index (χ4v) is 1.62. The zero-order valence-electron chi connectivity index (χ0n) is 7.08. The van der Waals surface area contributed by atoms with Gasteiger partial charge < -0.3 is 15.9 Å². The highest BCUT2D eigenvalue weighted by Gasteiger charge is 2.08. The molecule has 2 rings (SSSR count). The lowest BCUT2D eigenvalue weighted by molar-refractivity contribution is 0.557. The van der Waals surface area contributed by atoms with Gasteiger partial charge in [-0.05, 0) is 34.7 Å². The Balaban J connectivity index is 2.98. The van der Waals surface area contributed by atoms with E-state index in [0.29, 0.717) is 25.9 Å². The van der Waals surface area contributed by atoms with Crippen molar-refractivity contribution in [2.45, 2.75) is 0 Å². The highest BCUT2D eigenvalue weighted by molar-refractivity contribution is 14.1. The van der Waals surface area contributed by atoms with Gasteiger partial charge in [-0.1, -0.05) is 0 Å². The van der Waals surface area contributed by atoms with Crippen molar-refractivity contribution in [2.24, 2.45) is 0 Å². The first kappa shape index (κ1) is 9.32. The zero-order valence-corrected chi connectivity index (χ0v) is 9.24. The van der Waals surface area contributed by atoms with Gasteiger partial charge in [0, 0.05) is 17.1 Å². The molecule has 1 heterocycles. The van der Waals surface area contributed by atoms with E-state index < -0.39 is 5.63 Å². The molecule has 72 valence electrons. The van der Waals surface area contributed by atoms with Gasteiger partial charge >= 0.3 is 5.63 Å². The second-order valence-corrected chi connectivity index (χ2v) is 3.95. The third-order valence-electron chi connectivity index (χ3n) is 1.91. The molecule has 0 amide bonds. The van der Waals surface area contributed by atoms with E-state index >= 15 is 0 Å². The average molecular weight is 302 g/mol. The van der Waals surface area contributed by atoms with Gasteiger partial charge in [-0.3, -0.25) is 0 Å². The van der Waals surface area contributed by atoms with Gasteiger partial charge in [-0.15, -0.1) is 0 Å². The van der Waals surface area contributed by atoms with Crippen LogP contribution in [0.1, 0.15) is 0 Å². The second kappa shape index (κ2) is 3.16. The van der Waals surface area contributed by atoms with Crippen LogP contribution in [0.5, 0.6) is 0 Å². The van der Waals surface area contributed by atoms with Crippen molar-refractivity contribution in [3.05, 3.63) is 32.2 Å². The molecule has 0 atom stereocenters. The molecule has 0 fully saturated rings. The van der Waals surface area contributed by atoms with E-state index in [-0.39, 0.29) is 0 Å². The molecule has 5 heteroatoms. The van der Waals surface area contributed by atoms with Crippen LogP contribution in [0.15, 0.2) is 27.4 Å². The molecule has 14 heavy (non-hydrogen) atoms. The summed E-state index contributed by atoms with van der Waals surface area (Å²) in [5.41, 5.74) is 12.3. The van der Waals surface area contributed by atoms with E-state index in [1.807, 2.05) is 22.6 Å². The average Bonchev–Trinajstić information content (AvgIpc) is 2.14. The number of anilines is 2. The molecular weight excluding hydrogens is 295 g/mol. The number of nitrogens with two attached hydrogens (primary N) is 2. The van der Waals surface area contributed by atoms with E-state index in [0.717, 1.165) is 0 Å². The van der Waals surface area contributed by atoms with Crippen LogP contribution in [0.25, 0.3) is 11.0 Å². The second-order valence-electron chi connectivity index (χ2n) is 2.87. The number of hydrogen-bond acceptors (Lipinski definition) is 4. The van der Waals surface area contributed by atoms with Crippen molar-refractivity contribution < 1.29 is 4.42 Å². The van der Waals surface area contributed by atoms with Gasteiger partial charge in [0.25, 0.3) is 0 Å². The lowest BCUT2D eigenvalue weighted by atomic mass is 10.2. The molecule has 4 nitrogen and oxygen atoms in total. The van der Waals surface area contributed by atoms with E-state index in [2.05, 4.69) is 0 Å². The fourth-order valence-electron chi connectivity index (χ4n) is 1.22. The minimum Gasteiger partial charge on any atom is -0.422 e. The Morgan fingerprint density at radius 1 is 1.29 bits per heavy atom. The third kappa shape index (κ3) is 1.33. The molecule has 2 aromatic rings. The van der Waals surface area contributed by atoms with Gasteiger partial charge in [-0.25, -0.2) is 4.79 Å². The maximum Gasteiger partial charge on any atom is 0.351 e. The van der Waals surface area contributed by atoms with Crippen LogP contribution in [0.2, 0.25) is 0 Å². The van der Waals surface area contributed by atoms with Crippen LogP contribution in [0.3, 0.4) is 0 Å². The first-order chi connectivity index (χ1) is 6.59. The number of hydrogen-bond donors (Lipinski definition) is 2. The predicted octanol–water partition coefficient (Wildman–Crippen LogP) is 1.56. The molecule has 1 aromatic heterocycles. The molecule has 0 saturated carbocycles. The van der Waals surface area contributed by atoms with E-state index in [9.17, 15) is 4.79 Å². The summed E-state index contributed by atoms with van der Waals surface area (Å²) in [6.07, 6.45) is 0. The van der Waals surface area contributed by atoms with Gasteiger partial charge in [0.05, 0.1) is 5.69 Å². The summed E-state index contributed by atoms with van der Waals surface area (Å²) in [5, 5.41) is 0.711. The fraction of sp³-hybridized carbons (Fsp3) is 0. The summed E-state index contributed by atoms with van der Waals surface area (Å²) in [7, 11) is 0. The first-order valence-corrected chi connectivity index (χ1v) is 4.95. The molecule has 0 bridgehead atoms. The minimum atomic E-state index is -0.429. The van der Waals surface area contributed by atoms with Gasteiger partial charge in [-0.2, -0.15) is 0 Å². The number of halogens is 1. The van der Waals surface area contributed by atoms with Gasteiger partial charge in [0.2, 0.25) is 0 Å². The summed E-state index contributed by atoms with van der Waals surface area (Å²) >= 11 is 1.86. The molecule has 0 spiro atoms. The molecule has 0 radical (unpaired) electrons. The van der Waals surface area contributed by atoms with Crippen LogP contribution < -0.4 is 17.1 Å². The molecule has 0 unspecified atom stereocenters. The van der Waals surface area contributed by atoms with Crippen molar-refractivity contribution >= 4 is 44.9 Å². The Morgan fingerprint density at radius 3 is 2.71 bits per heavy atom. The maximum atomic E-state index is 11.3. The Hall–Kier alpha value is -1.24. The molecule has 0 aliphatic heterocycles. The number of benzene rings is 1. The Labute approximate surface area is 93.0 Å². The largest absolute Gasteiger partial charge is 0.422 e. The molecule has 4 N–H and O–H groups in total. The van der Waals surface area contributed by atoms with Crippen LogP contribution >= 0.6 is 22.6 Å². The van der Waals surface area contributed by atoms with Crippen molar-refractivity contribution in [3.8, 4) is 0 Å². The quantitative estimate of drug-likeness (QED) is 0.439. The number of fused-ring (bicyclic) bond motifs is 1. The third-order valence-corrected chi connectivity index (χ3v) is 2.94. The van der Waals surface area contributed by atoms with Crippen LogP contribution in [0.4, 0.5) is 11.4 Å². The summed E-state index contributed by atoms with van der Waals surface area (Å²) in [4.78, 5) is 11.3. The maximum absolute atomic E-state index is 11.3. The summed E-state index contributed by atoms with van der Waals surface area (Å²) in [6, 6.07) is 5.04. The molecule has 0 aliphatic rings. The first-order valence-electron chi connectivity index (χ1n) is 3.87. The number of nitrogen functional groups attached to an aromatic ring is 2. The van der Waals surface area contributed by atoms with Gasteiger partial charge in [0.15, 0.2) is 0 Å². The lowest BCUT2D eigenvalue weighted by Gasteiger charge is -2.02. The van der Waals surface area contributed by atoms with Crippen molar-refractivity contribution in [2.75, 3.05) is 11.5 Å². The lowest BCUT2D eigenvalue weighted by Crippen LogP contribution is -2.07. The zero-order chi connectivity index (χ0) is 10.3. The SMILES string of the molecule is Nc1ccc2c(N)c(I)c(=O)oc2c1. The summed E-state index contributed by atoms with van der Waals surface area (Å²) in [5.74, 6) is 0. The highest BCUT2D eigenvalue weighted by Crippen LogP contribution is 2.24. The molecular formula is C9H7IN2O2. The molecule has 0 aliphatic carbocycles. The van der Waals surface area contributed by atoms with Crippen LogP contribution in [-0.4, -0.2) is 0 Å². The Kier molecular flexibility index (Phi) is 2.10. The standard InChI is InChI=1S/C9H7IN2O2/c10-7-8(12)5-2-1-4(11)3-6(5)14-9(7)13/h1-3H,11-12H2. The van der Waals surface area contributed by atoms with Crippen molar-refractivity contribution in [1.29, 1.82) is 0 Å². The van der Waals surface area contributed by atoms with Crippen LogP contribution in [-0.2, 0) is 0 Å². The topological polar surface area (TPSA) is 82.2 Å².